The third-order valence-corrected chi connectivity index (χ3v) is 4.29. The molecule has 1 aliphatic rings. The lowest BCUT2D eigenvalue weighted by Crippen LogP contribution is -2.41. The zero-order valence-corrected chi connectivity index (χ0v) is 13.5. The van der Waals surface area contributed by atoms with Crippen LogP contribution in [-0.4, -0.2) is 35.7 Å². The fourth-order valence-electron chi connectivity index (χ4n) is 2.79. The SMILES string of the molecule is CCN1CCCC1CNC(=S)Nc1cc(C)ccc1C. The summed E-state index contributed by atoms with van der Waals surface area (Å²) in [7, 11) is 0. The van der Waals surface area contributed by atoms with Gasteiger partial charge in [-0.05, 0) is 69.2 Å². The number of nitrogens with zero attached hydrogens (tertiary/aromatic N) is 1. The van der Waals surface area contributed by atoms with Crippen molar-refractivity contribution in [2.24, 2.45) is 0 Å². The van der Waals surface area contributed by atoms with Gasteiger partial charge in [-0.25, -0.2) is 0 Å². The van der Waals surface area contributed by atoms with E-state index in [1.807, 2.05) is 0 Å². The topological polar surface area (TPSA) is 27.3 Å². The summed E-state index contributed by atoms with van der Waals surface area (Å²) < 4.78 is 0. The minimum Gasteiger partial charge on any atom is -0.361 e. The fraction of sp³-hybridized carbons (Fsp3) is 0.562. The van der Waals surface area contributed by atoms with Crippen LogP contribution in [0.25, 0.3) is 0 Å². The molecule has 1 aliphatic heterocycles. The van der Waals surface area contributed by atoms with Crippen molar-refractivity contribution < 1.29 is 0 Å². The maximum Gasteiger partial charge on any atom is 0.170 e. The number of hydrogen-bond acceptors (Lipinski definition) is 2. The normalized spacial score (nSPS) is 19.1. The first-order chi connectivity index (χ1) is 9.60. The number of benzene rings is 1. The summed E-state index contributed by atoms with van der Waals surface area (Å²) in [4.78, 5) is 2.52. The highest BCUT2D eigenvalue weighted by Gasteiger charge is 2.22. The van der Waals surface area contributed by atoms with Gasteiger partial charge >= 0.3 is 0 Å². The molecule has 2 rings (SSSR count). The standard InChI is InChI=1S/C16H25N3S/c1-4-19-9-5-6-14(19)11-17-16(20)18-15-10-12(2)7-8-13(15)3/h7-8,10,14H,4-6,9,11H2,1-3H3,(H2,17,18,20). The molecule has 3 nitrogen and oxygen atoms in total. The van der Waals surface area contributed by atoms with E-state index in [-0.39, 0.29) is 0 Å². The molecule has 0 aromatic heterocycles. The molecule has 1 heterocycles. The van der Waals surface area contributed by atoms with Crippen LogP contribution in [0.2, 0.25) is 0 Å². The number of aryl methyl sites for hydroxylation is 2. The van der Waals surface area contributed by atoms with Gasteiger partial charge in [0.2, 0.25) is 0 Å². The van der Waals surface area contributed by atoms with Gasteiger partial charge in [0.15, 0.2) is 5.11 Å². The molecule has 2 N–H and O–H groups in total. The van der Waals surface area contributed by atoms with E-state index in [4.69, 9.17) is 12.2 Å². The van der Waals surface area contributed by atoms with Gasteiger partial charge in [0.1, 0.15) is 0 Å². The van der Waals surface area contributed by atoms with Gasteiger partial charge in [0, 0.05) is 18.3 Å². The van der Waals surface area contributed by atoms with Crippen molar-refractivity contribution in [3.63, 3.8) is 0 Å². The Hall–Kier alpha value is -1.13. The van der Waals surface area contributed by atoms with Crippen molar-refractivity contribution in [3.8, 4) is 0 Å². The summed E-state index contributed by atoms with van der Waals surface area (Å²) in [5.41, 5.74) is 3.56. The summed E-state index contributed by atoms with van der Waals surface area (Å²) in [6.45, 7) is 9.71. The number of hydrogen-bond donors (Lipinski definition) is 2. The second-order valence-electron chi connectivity index (χ2n) is 5.58. The Balaban J connectivity index is 1.85. The Kier molecular flexibility index (Phi) is 5.38. The van der Waals surface area contributed by atoms with Gasteiger partial charge < -0.3 is 10.6 Å². The molecule has 110 valence electrons. The van der Waals surface area contributed by atoms with Crippen LogP contribution in [0.5, 0.6) is 0 Å². The molecule has 20 heavy (non-hydrogen) atoms. The molecule has 0 spiro atoms. The molecule has 0 amide bonds. The first kappa shape index (κ1) is 15.3. The third-order valence-electron chi connectivity index (χ3n) is 4.04. The second-order valence-corrected chi connectivity index (χ2v) is 5.99. The Bertz CT molecular complexity index is 473. The first-order valence-corrected chi connectivity index (χ1v) is 7.87. The van der Waals surface area contributed by atoms with E-state index in [1.54, 1.807) is 0 Å². The van der Waals surface area contributed by atoms with Crippen LogP contribution < -0.4 is 10.6 Å². The van der Waals surface area contributed by atoms with Crippen molar-refractivity contribution in [1.82, 2.24) is 10.2 Å². The fourth-order valence-corrected chi connectivity index (χ4v) is 2.98. The lowest BCUT2D eigenvalue weighted by atomic mass is 10.1. The Morgan fingerprint density at radius 1 is 1.40 bits per heavy atom. The van der Waals surface area contributed by atoms with Crippen LogP contribution >= 0.6 is 12.2 Å². The predicted octanol–water partition coefficient (Wildman–Crippen LogP) is 3.07. The number of likely N-dealkylation sites (N-methyl/N-ethyl adjacent to an activating group) is 1. The van der Waals surface area contributed by atoms with Crippen LogP contribution in [0.15, 0.2) is 18.2 Å². The van der Waals surface area contributed by atoms with E-state index in [0.29, 0.717) is 6.04 Å². The van der Waals surface area contributed by atoms with Gasteiger partial charge in [0.25, 0.3) is 0 Å². The maximum atomic E-state index is 5.41. The van der Waals surface area contributed by atoms with Gasteiger partial charge in [-0.1, -0.05) is 19.1 Å². The van der Waals surface area contributed by atoms with Crippen molar-refractivity contribution in [2.45, 2.75) is 39.7 Å². The Labute approximate surface area is 127 Å². The van der Waals surface area contributed by atoms with Gasteiger partial charge in [-0.3, -0.25) is 4.90 Å². The van der Waals surface area contributed by atoms with Gasteiger partial charge in [0.05, 0.1) is 0 Å². The lowest BCUT2D eigenvalue weighted by molar-refractivity contribution is 0.267. The molecular weight excluding hydrogens is 266 g/mol. The molecule has 0 radical (unpaired) electrons. The maximum absolute atomic E-state index is 5.41. The van der Waals surface area contributed by atoms with Crippen LogP contribution in [0, 0.1) is 13.8 Å². The molecule has 1 unspecified atom stereocenters. The number of nitrogens with one attached hydrogen (secondary N) is 2. The van der Waals surface area contributed by atoms with E-state index in [0.717, 1.165) is 23.9 Å². The quantitative estimate of drug-likeness (QED) is 0.834. The van der Waals surface area contributed by atoms with Crippen LogP contribution in [0.1, 0.15) is 30.9 Å². The highest BCUT2D eigenvalue weighted by atomic mass is 32.1. The van der Waals surface area contributed by atoms with E-state index in [2.05, 4.69) is 54.5 Å². The third kappa shape index (κ3) is 3.93. The van der Waals surface area contributed by atoms with Crippen molar-refractivity contribution in [1.29, 1.82) is 0 Å². The minimum absolute atomic E-state index is 0.623. The summed E-state index contributed by atoms with van der Waals surface area (Å²) in [5.74, 6) is 0. The zero-order valence-electron chi connectivity index (χ0n) is 12.7. The highest BCUT2D eigenvalue weighted by molar-refractivity contribution is 7.80. The zero-order chi connectivity index (χ0) is 14.5. The van der Waals surface area contributed by atoms with Crippen LogP contribution in [0.4, 0.5) is 5.69 Å². The summed E-state index contributed by atoms with van der Waals surface area (Å²) in [6, 6.07) is 7.00. The largest absolute Gasteiger partial charge is 0.361 e. The minimum atomic E-state index is 0.623. The van der Waals surface area contributed by atoms with Crippen molar-refractivity contribution >= 4 is 23.0 Å². The molecule has 1 saturated heterocycles. The van der Waals surface area contributed by atoms with Crippen LogP contribution in [0.3, 0.4) is 0 Å². The number of rotatable bonds is 4. The van der Waals surface area contributed by atoms with E-state index in [9.17, 15) is 0 Å². The monoisotopic (exact) mass is 291 g/mol. The van der Waals surface area contributed by atoms with Crippen molar-refractivity contribution in [2.75, 3.05) is 25.0 Å². The van der Waals surface area contributed by atoms with Gasteiger partial charge in [-0.15, -0.1) is 0 Å². The van der Waals surface area contributed by atoms with E-state index < -0.39 is 0 Å². The molecule has 0 aliphatic carbocycles. The number of anilines is 1. The first-order valence-electron chi connectivity index (χ1n) is 7.46. The molecule has 1 aromatic rings. The van der Waals surface area contributed by atoms with Crippen LogP contribution in [-0.2, 0) is 0 Å². The summed E-state index contributed by atoms with van der Waals surface area (Å²) >= 11 is 5.41. The average molecular weight is 291 g/mol. The molecule has 1 atom stereocenters. The van der Waals surface area contributed by atoms with Crippen molar-refractivity contribution in [3.05, 3.63) is 29.3 Å². The predicted molar refractivity (Wildman–Crippen MR) is 90.4 cm³/mol. The number of likely N-dealkylation sites (tertiary alicyclic amines) is 1. The smallest absolute Gasteiger partial charge is 0.170 e. The molecule has 4 heteroatoms. The second kappa shape index (κ2) is 7.04. The molecule has 1 aromatic carbocycles. The Morgan fingerprint density at radius 2 is 2.20 bits per heavy atom. The molecular formula is C16H25N3S. The molecule has 1 fully saturated rings. The average Bonchev–Trinajstić information content (AvgIpc) is 2.88. The van der Waals surface area contributed by atoms with Gasteiger partial charge in [-0.2, -0.15) is 0 Å². The van der Waals surface area contributed by atoms with E-state index in [1.165, 1.54) is 30.5 Å². The molecule has 0 bridgehead atoms. The Morgan fingerprint density at radius 3 is 2.95 bits per heavy atom. The summed E-state index contributed by atoms with van der Waals surface area (Å²) in [6.07, 6.45) is 2.57. The summed E-state index contributed by atoms with van der Waals surface area (Å²) in [5, 5.41) is 7.40. The number of thiocarbonyl (C=S) groups is 1. The van der Waals surface area contributed by atoms with E-state index >= 15 is 0 Å². The lowest BCUT2D eigenvalue weighted by Gasteiger charge is -2.23. The highest BCUT2D eigenvalue weighted by Crippen LogP contribution is 2.17. The molecule has 0 saturated carbocycles.